The number of alkyl halides is 1. The fourth-order valence-corrected chi connectivity index (χ4v) is 3.57. The molecule has 0 fully saturated rings. The number of nitrogens with zero attached hydrogens (tertiary/aromatic N) is 2. The van der Waals surface area contributed by atoms with Gasteiger partial charge in [-0.25, -0.2) is 14.4 Å². The van der Waals surface area contributed by atoms with Gasteiger partial charge < -0.3 is 18.9 Å². The van der Waals surface area contributed by atoms with Crippen LogP contribution >= 0.6 is 0 Å². The van der Waals surface area contributed by atoms with Gasteiger partial charge in [0.2, 0.25) is 0 Å². The molecular formula is C29H45FN2O4. The predicted molar refractivity (Wildman–Crippen MR) is 142 cm³/mol. The molecule has 6 nitrogen and oxygen atoms in total. The maximum Gasteiger partial charge on any atom is 0.159 e. The monoisotopic (exact) mass is 504 g/mol. The number of benzene rings is 1. The third-order valence-electron chi connectivity index (χ3n) is 5.75. The number of halogens is 1. The molecule has 0 radical (unpaired) electrons. The van der Waals surface area contributed by atoms with E-state index in [0.717, 1.165) is 31.4 Å². The van der Waals surface area contributed by atoms with Crippen molar-refractivity contribution in [2.75, 3.05) is 46.2 Å². The summed E-state index contributed by atoms with van der Waals surface area (Å²) >= 11 is 0. The molecule has 0 spiro atoms. The fourth-order valence-electron chi connectivity index (χ4n) is 3.57. The van der Waals surface area contributed by atoms with Crippen LogP contribution in [0.1, 0.15) is 70.8 Å². The number of ether oxygens (including phenoxy) is 4. The van der Waals surface area contributed by atoms with E-state index in [9.17, 15) is 4.39 Å². The fraction of sp³-hybridized carbons (Fsp3) is 0.655. The first-order valence-electron chi connectivity index (χ1n) is 13.6. The normalized spacial score (nSPS) is 12.1. The van der Waals surface area contributed by atoms with E-state index in [1.165, 1.54) is 44.1 Å². The van der Waals surface area contributed by atoms with Gasteiger partial charge in [-0.2, -0.15) is 0 Å². The zero-order valence-electron chi connectivity index (χ0n) is 22.3. The highest BCUT2D eigenvalue weighted by atomic mass is 19.1. The molecule has 7 heteroatoms. The lowest BCUT2D eigenvalue weighted by molar-refractivity contribution is -0.00166. The van der Waals surface area contributed by atoms with Crippen LogP contribution in [0.2, 0.25) is 0 Å². The Labute approximate surface area is 216 Å². The van der Waals surface area contributed by atoms with Gasteiger partial charge in [-0.15, -0.1) is 0 Å². The van der Waals surface area contributed by atoms with E-state index in [0.29, 0.717) is 38.0 Å². The Morgan fingerprint density at radius 1 is 0.694 bits per heavy atom. The van der Waals surface area contributed by atoms with Gasteiger partial charge in [-0.1, -0.05) is 52.4 Å². The number of hydrogen-bond acceptors (Lipinski definition) is 6. The highest BCUT2D eigenvalue weighted by Gasteiger charge is 2.09. The van der Waals surface area contributed by atoms with Crippen LogP contribution < -0.4 is 4.74 Å². The van der Waals surface area contributed by atoms with E-state index in [-0.39, 0.29) is 13.2 Å². The first kappa shape index (κ1) is 30.1. The van der Waals surface area contributed by atoms with Crippen molar-refractivity contribution < 1.29 is 23.3 Å². The summed E-state index contributed by atoms with van der Waals surface area (Å²) in [4.78, 5) is 9.02. The zero-order chi connectivity index (χ0) is 25.7. The molecular weight excluding hydrogens is 459 g/mol. The Kier molecular flexibility index (Phi) is 16.8. The average molecular weight is 505 g/mol. The van der Waals surface area contributed by atoms with Gasteiger partial charge >= 0.3 is 0 Å². The third-order valence-corrected chi connectivity index (χ3v) is 5.75. The first-order chi connectivity index (χ1) is 17.7. The number of unbranched alkanes of at least 4 members (excludes halogenated alkanes) is 6. The van der Waals surface area contributed by atoms with Gasteiger partial charge in [0.25, 0.3) is 0 Å². The van der Waals surface area contributed by atoms with Crippen molar-refractivity contribution in [2.45, 2.75) is 77.8 Å². The van der Waals surface area contributed by atoms with Crippen LogP contribution in [0.5, 0.6) is 5.75 Å². The van der Waals surface area contributed by atoms with Crippen LogP contribution in [0.15, 0.2) is 36.7 Å². The van der Waals surface area contributed by atoms with Gasteiger partial charge in [0.1, 0.15) is 12.4 Å². The molecule has 1 aromatic heterocycles. The van der Waals surface area contributed by atoms with Crippen molar-refractivity contribution in [1.82, 2.24) is 9.97 Å². The molecule has 2 aromatic rings. The van der Waals surface area contributed by atoms with Gasteiger partial charge in [0.15, 0.2) is 12.0 Å². The van der Waals surface area contributed by atoms with E-state index >= 15 is 0 Å². The summed E-state index contributed by atoms with van der Waals surface area (Å²) in [6, 6.07) is 7.41. The van der Waals surface area contributed by atoms with Crippen molar-refractivity contribution in [3.05, 3.63) is 42.2 Å². The quantitative estimate of drug-likeness (QED) is 0.168. The van der Waals surface area contributed by atoms with Gasteiger partial charge in [-0.3, -0.25) is 0 Å². The molecule has 202 valence electrons. The first-order valence-corrected chi connectivity index (χ1v) is 13.6. The maximum absolute atomic E-state index is 14.1. The Bertz CT molecular complexity index is 774. The van der Waals surface area contributed by atoms with Gasteiger partial charge in [0.05, 0.1) is 33.0 Å². The number of hydrogen-bond donors (Lipinski definition) is 0. The lowest BCUT2D eigenvalue weighted by Crippen LogP contribution is -2.20. The minimum atomic E-state index is -1.20. The highest BCUT2D eigenvalue weighted by molar-refractivity contribution is 5.55. The van der Waals surface area contributed by atoms with Crippen LogP contribution in [-0.2, 0) is 20.6 Å². The maximum atomic E-state index is 14.1. The lowest BCUT2D eigenvalue weighted by Gasteiger charge is -2.12. The third kappa shape index (κ3) is 13.9. The van der Waals surface area contributed by atoms with E-state index in [4.69, 9.17) is 18.9 Å². The van der Waals surface area contributed by atoms with Gasteiger partial charge in [0, 0.05) is 24.6 Å². The summed E-state index contributed by atoms with van der Waals surface area (Å²) in [6.07, 6.45) is 13.5. The number of rotatable bonds is 22. The molecule has 1 atom stereocenters. The van der Waals surface area contributed by atoms with Crippen LogP contribution in [-0.4, -0.2) is 62.4 Å². The minimum Gasteiger partial charge on any atom is -0.490 e. The summed E-state index contributed by atoms with van der Waals surface area (Å²) in [7, 11) is 0. The smallest absolute Gasteiger partial charge is 0.159 e. The van der Waals surface area contributed by atoms with E-state index in [2.05, 4.69) is 23.8 Å². The lowest BCUT2D eigenvalue weighted by atomic mass is 10.1. The number of aromatic nitrogens is 2. The second-order valence-corrected chi connectivity index (χ2v) is 9.02. The Morgan fingerprint density at radius 2 is 1.31 bits per heavy atom. The van der Waals surface area contributed by atoms with Crippen LogP contribution in [0.3, 0.4) is 0 Å². The van der Waals surface area contributed by atoms with E-state index < -0.39 is 6.17 Å². The van der Waals surface area contributed by atoms with Crippen molar-refractivity contribution in [1.29, 1.82) is 0 Å². The summed E-state index contributed by atoms with van der Waals surface area (Å²) in [5.41, 5.74) is 2.08. The van der Waals surface area contributed by atoms with E-state index in [1.54, 1.807) is 0 Å². The summed E-state index contributed by atoms with van der Waals surface area (Å²) < 4.78 is 35.7. The largest absolute Gasteiger partial charge is 0.490 e. The number of aryl methyl sites for hydroxylation is 1. The molecule has 0 N–H and O–H groups in total. The minimum absolute atomic E-state index is 0.0205. The SMILES string of the molecule is CCCCCCCCc1cnc(-c2ccc(OCC(F)COCCOCCOCCCC)cc2)nc1. The molecule has 0 amide bonds. The van der Waals surface area contributed by atoms with Crippen LogP contribution in [0, 0.1) is 0 Å². The van der Waals surface area contributed by atoms with Crippen molar-refractivity contribution in [3.63, 3.8) is 0 Å². The second-order valence-electron chi connectivity index (χ2n) is 9.02. The Morgan fingerprint density at radius 3 is 2.00 bits per heavy atom. The topological polar surface area (TPSA) is 62.7 Å². The van der Waals surface area contributed by atoms with Gasteiger partial charge in [-0.05, 0) is 49.1 Å². The summed E-state index contributed by atoms with van der Waals surface area (Å²) in [5, 5.41) is 0. The van der Waals surface area contributed by atoms with E-state index in [1.807, 2.05) is 36.7 Å². The predicted octanol–water partition coefficient (Wildman–Crippen LogP) is 6.61. The molecule has 1 aromatic carbocycles. The molecule has 0 aliphatic carbocycles. The molecule has 0 saturated carbocycles. The molecule has 0 bridgehead atoms. The summed E-state index contributed by atoms with van der Waals surface area (Å²) in [5.74, 6) is 1.28. The van der Waals surface area contributed by atoms with Crippen LogP contribution in [0.4, 0.5) is 4.39 Å². The van der Waals surface area contributed by atoms with Crippen molar-refractivity contribution in [2.24, 2.45) is 0 Å². The standard InChI is InChI=1S/C29H45FN2O4/c1-3-5-7-8-9-10-11-25-21-31-29(32-22-25)26-12-14-28(15-13-26)36-24-27(30)23-35-20-19-34-18-17-33-16-6-4-2/h12-15,21-22,27H,3-11,16-20,23-24H2,1-2H3. The zero-order valence-corrected chi connectivity index (χ0v) is 22.3. The molecule has 0 aliphatic rings. The molecule has 36 heavy (non-hydrogen) atoms. The average Bonchev–Trinajstić information content (AvgIpc) is 2.91. The van der Waals surface area contributed by atoms with Crippen molar-refractivity contribution >= 4 is 0 Å². The summed E-state index contributed by atoms with van der Waals surface area (Å²) in [6.45, 7) is 6.93. The van der Waals surface area contributed by atoms with Crippen LogP contribution in [0.25, 0.3) is 11.4 Å². The highest BCUT2D eigenvalue weighted by Crippen LogP contribution is 2.20. The molecule has 0 saturated heterocycles. The Balaban J connectivity index is 1.57. The molecule has 0 aliphatic heterocycles. The molecule has 1 heterocycles. The molecule has 2 rings (SSSR count). The second kappa shape index (κ2) is 20.0. The molecule has 1 unspecified atom stereocenters. The Hall–Kier alpha value is -2.09. The van der Waals surface area contributed by atoms with Crippen molar-refractivity contribution in [3.8, 4) is 17.1 Å².